The number of hydrogen-bond donors (Lipinski definition) is 2. The molecule has 0 fully saturated rings. The number of aryl methyl sites for hydroxylation is 1. The van der Waals surface area contributed by atoms with E-state index in [2.05, 4.69) is 11.2 Å². The molecule has 100 valence electrons. The van der Waals surface area contributed by atoms with Crippen molar-refractivity contribution in [3.63, 3.8) is 0 Å². The van der Waals surface area contributed by atoms with Crippen LogP contribution in [-0.2, 0) is 11.2 Å². The number of nitrogens with two attached hydrogens (primary N) is 1. The summed E-state index contributed by atoms with van der Waals surface area (Å²) in [5.74, 6) is 0.0507. The zero-order valence-electron chi connectivity index (χ0n) is 10.7. The minimum Gasteiger partial charge on any atom is -0.409 e. The Morgan fingerprint density at radius 2 is 2.39 bits per heavy atom. The number of amides is 1. The van der Waals surface area contributed by atoms with Crippen molar-refractivity contribution in [2.75, 3.05) is 7.05 Å². The van der Waals surface area contributed by atoms with Gasteiger partial charge in [0.15, 0.2) is 5.84 Å². The second-order valence-electron chi connectivity index (χ2n) is 4.14. The van der Waals surface area contributed by atoms with Gasteiger partial charge in [-0.2, -0.15) is 0 Å². The van der Waals surface area contributed by atoms with Gasteiger partial charge in [-0.05, 0) is 31.2 Å². The summed E-state index contributed by atoms with van der Waals surface area (Å²) in [7, 11) is 1.66. The predicted molar refractivity (Wildman–Crippen MR) is 72.9 cm³/mol. The number of thiophene rings is 1. The minimum absolute atomic E-state index is 0.00524. The van der Waals surface area contributed by atoms with Crippen LogP contribution in [-0.4, -0.2) is 34.9 Å². The first-order chi connectivity index (χ1) is 8.56. The van der Waals surface area contributed by atoms with Crippen molar-refractivity contribution < 1.29 is 10.0 Å². The summed E-state index contributed by atoms with van der Waals surface area (Å²) in [5, 5.41) is 13.5. The Labute approximate surface area is 111 Å². The van der Waals surface area contributed by atoms with Gasteiger partial charge in [0.2, 0.25) is 5.91 Å². The van der Waals surface area contributed by atoms with Crippen molar-refractivity contribution in [2.45, 2.75) is 32.2 Å². The molecule has 0 spiro atoms. The Bertz CT molecular complexity index is 403. The van der Waals surface area contributed by atoms with Crippen molar-refractivity contribution >= 4 is 23.1 Å². The molecule has 18 heavy (non-hydrogen) atoms. The van der Waals surface area contributed by atoms with E-state index in [-0.39, 0.29) is 17.8 Å². The van der Waals surface area contributed by atoms with E-state index in [1.54, 1.807) is 25.3 Å². The molecule has 5 nitrogen and oxygen atoms in total. The molecule has 6 heteroatoms. The Morgan fingerprint density at radius 3 is 2.94 bits per heavy atom. The molecule has 1 aromatic heterocycles. The fourth-order valence-corrected chi connectivity index (χ4v) is 2.29. The Hall–Kier alpha value is -1.56. The first-order valence-corrected chi connectivity index (χ1v) is 6.69. The second-order valence-corrected chi connectivity index (χ2v) is 5.17. The third-order valence-corrected chi connectivity index (χ3v) is 3.85. The van der Waals surface area contributed by atoms with Gasteiger partial charge in [-0.1, -0.05) is 11.2 Å². The van der Waals surface area contributed by atoms with Crippen LogP contribution in [0.5, 0.6) is 0 Å². The van der Waals surface area contributed by atoms with E-state index in [9.17, 15) is 4.79 Å². The first-order valence-electron chi connectivity index (χ1n) is 5.81. The maximum Gasteiger partial charge on any atom is 0.222 e. The van der Waals surface area contributed by atoms with Crippen LogP contribution in [0.2, 0.25) is 0 Å². The SMILES string of the molecule is CC(C(N)=NO)N(C)C(=O)CCCc1cccs1. The Kier molecular flexibility index (Phi) is 5.64. The molecule has 0 aliphatic heterocycles. The smallest absolute Gasteiger partial charge is 0.222 e. The van der Waals surface area contributed by atoms with Crippen molar-refractivity contribution in [3.8, 4) is 0 Å². The summed E-state index contributed by atoms with van der Waals surface area (Å²) in [5.41, 5.74) is 5.47. The van der Waals surface area contributed by atoms with E-state index in [4.69, 9.17) is 10.9 Å². The average Bonchev–Trinajstić information content (AvgIpc) is 2.88. The number of oxime groups is 1. The van der Waals surface area contributed by atoms with E-state index in [1.807, 2.05) is 11.4 Å². The van der Waals surface area contributed by atoms with Crippen molar-refractivity contribution in [2.24, 2.45) is 10.9 Å². The number of carbonyl (C=O) groups is 1. The minimum atomic E-state index is -0.385. The van der Waals surface area contributed by atoms with Gasteiger partial charge >= 0.3 is 0 Å². The molecule has 1 heterocycles. The zero-order chi connectivity index (χ0) is 13.5. The Morgan fingerprint density at radius 1 is 1.67 bits per heavy atom. The maximum atomic E-state index is 11.9. The molecule has 1 amide bonds. The summed E-state index contributed by atoms with van der Waals surface area (Å²) in [4.78, 5) is 14.7. The normalized spacial score (nSPS) is 13.3. The topological polar surface area (TPSA) is 78.9 Å². The molecule has 0 bridgehead atoms. The number of nitrogens with zero attached hydrogens (tertiary/aromatic N) is 2. The van der Waals surface area contributed by atoms with Crippen LogP contribution in [0.25, 0.3) is 0 Å². The molecule has 0 saturated carbocycles. The van der Waals surface area contributed by atoms with Gasteiger partial charge in [0.1, 0.15) is 0 Å². The third-order valence-electron chi connectivity index (χ3n) is 2.91. The lowest BCUT2D eigenvalue weighted by Crippen LogP contribution is -2.43. The molecule has 0 aromatic carbocycles. The van der Waals surface area contributed by atoms with Gasteiger partial charge in [-0.3, -0.25) is 4.79 Å². The number of amidine groups is 1. The number of carbonyl (C=O) groups excluding carboxylic acids is 1. The van der Waals surface area contributed by atoms with Gasteiger partial charge in [0.25, 0.3) is 0 Å². The third kappa shape index (κ3) is 4.03. The summed E-state index contributed by atoms with van der Waals surface area (Å²) in [6.45, 7) is 1.73. The van der Waals surface area contributed by atoms with Crippen LogP contribution in [0.1, 0.15) is 24.6 Å². The predicted octanol–water partition coefficient (Wildman–Crippen LogP) is 1.66. The van der Waals surface area contributed by atoms with Crippen LogP contribution in [0.4, 0.5) is 0 Å². The Balaban J connectivity index is 2.36. The van der Waals surface area contributed by atoms with Crippen LogP contribution < -0.4 is 5.73 Å². The fraction of sp³-hybridized carbons (Fsp3) is 0.500. The van der Waals surface area contributed by atoms with Crippen LogP contribution in [0.3, 0.4) is 0 Å². The van der Waals surface area contributed by atoms with Crippen molar-refractivity contribution in [1.29, 1.82) is 0 Å². The monoisotopic (exact) mass is 269 g/mol. The van der Waals surface area contributed by atoms with Gasteiger partial charge in [-0.15, -0.1) is 11.3 Å². The average molecular weight is 269 g/mol. The quantitative estimate of drug-likeness (QED) is 0.357. The van der Waals surface area contributed by atoms with Gasteiger partial charge in [-0.25, -0.2) is 0 Å². The van der Waals surface area contributed by atoms with Crippen LogP contribution >= 0.6 is 11.3 Å². The summed E-state index contributed by atoms with van der Waals surface area (Å²) < 4.78 is 0. The van der Waals surface area contributed by atoms with Crippen LogP contribution in [0, 0.1) is 0 Å². The highest BCUT2D eigenvalue weighted by atomic mass is 32.1. The van der Waals surface area contributed by atoms with E-state index in [0.717, 1.165) is 12.8 Å². The zero-order valence-corrected chi connectivity index (χ0v) is 11.5. The maximum absolute atomic E-state index is 11.9. The first kappa shape index (κ1) is 14.5. The summed E-state index contributed by atoms with van der Waals surface area (Å²) in [6.07, 6.45) is 2.19. The molecule has 0 saturated heterocycles. The number of hydrogen-bond acceptors (Lipinski definition) is 4. The molecular formula is C12H19N3O2S. The molecule has 1 unspecified atom stereocenters. The summed E-state index contributed by atoms with van der Waals surface area (Å²) >= 11 is 1.70. The molecule has 1 atom stereocenters. The van der Waals surface area contributed by atoms with Gasteiger partial charge in [0.05, 0.1) is 6.04 Å². The summed E-state index contributed by atoms with van der Waals surface area (Å²) in [6, 6.07) is 3.69. The molecular weight excluding hydrogens is 250 g/mol. The van der Waals surface area contributed by atoms with Crippen molar-refractivity contribution in [1.82, 2.24) is 4.90 Å². The molecule has 0 radical (unpaired) electrons. The lowest BCUT2D eigenvalue weighted by Gasteiger charge is -2.23. The molecule has 0 aliphatic carbocycles. The number of likely N-dealkylation sites (N-methyl/N-ethyl adjacent to an activating group) is 1. The van der Waals surface area contributed by atoms with E-state index < -0.39 is 0 Å². The van der Waals surface area contributed by atoms with Gasteiger partial charge < -0.3 is 15.8 Å². The highest BCUT2D eigenvalue weighted by Crippen LogP contribution is 2.12. The lowest BCUT2D eigenvalue weighted by molar-refractivity contribution is -0.130. The highest BCUT2D eigenvalue weighted by Gasteiger charge is 2.18. The molecule has 0 aliphatic rings. The lowest BCUT2D eigenvalue weighted by atomic mass is 10.2. The van der Waals surface area contributed by atoms with Crippen LogP contribution in [0.15, 0.2) is 22.7 Å². The molecule has 1 rings (SSSR count). The molecule has 1 aromatic rings. The van der Waals surface area contributed by atoms with E-state index >= 15 is 0 Å². The molecule has 3 N–H and O–H groups in total. The van der Waals surface area contributed by atoms with E-state index in [0.29, 0.717) is 6.42 Å². The van der Waals surface area contributed by atoms with Gasteiger partial charge in [0, 0.05) is 18.3 Å². The second kappa shape index (κ2) is 7.00. The van der Waals surface area contributed by atoms with E-state index in [1.165, 1.54) is 9.78 Å². The highest BCUT2D eigenvalue weighted by molar-refractivity contribution is 7.09. The number of rotatable bonds is 6. The standard InChI is InChI=1S/C12H19N3O2S/c1-9(12(13)14-17)15(2)11(16)7-3-5-10-6-4-8-18-10/h4,6,8-9,17H,3,5,7H2,1-2H3,(H2,13,14). The largest absolute Gasteiger partial charge is 0.409 e. The van der Waals surface area contributed by atoms with Crippen molar-refractivity contribution in [3.05, 3.63) is 22.4 Å². The fourth-order valence-electron chi connectivity index (χ4n) is 1.54.